The van der Waals surface area contributed by atoms with E-state index in [2.05, 4.69) is 15.0 Å². The van der Waals surface area contributed by atoms with Crippen LogP contribution in [0.15, 0.2) is 71.8 Å². The zero-order valence-corrected chi connectivity index (χ0v) is 16.9. The number of pyridine rings is 1. The van der Waals surface area contributed by atoms with Crippen molar-refractivity contribution < 1.29 is 17.9 Å². The fourth-order valence-corrected chi connectivity index (χ4v) is 3.70. The minimum atomic E-state index is -3.86. The predicted octanol–water partition coefficient (Wildman–Crippen LogP) is 3.84. The molecule has 0 saturated heterocycles. The van der Waals surface area contributed by atoms with E-state index in [0.29, 0.717) is 23.9 Å². The van der Waals surface area contributed by atoms with Crippen LogP contribution in [0.25, 0.3) is 0 Å². The largest absolute Gasteiger partial charge is 0.494 e. The molecule has 0 aliphatic carbocycles. The van der Waals surface area contributed by atoms with Gasteiger partial charge < -0.3 is 10.1 Å². The first-order valence-corrected chi connectivity index (χ1v) is 10.5. The number of hydrogen-bond donors (Lipinski definition) is 2. The Bertz CT molecular complexity index is 1110. The van der Waals surface area contributed by atoms with Crippen molar-refractivity contribution in [2.75, 3.05) is 16.6 Å². The third-order valence-corrected chi connectivity index (χ3v) is 5.44. The molecule has 2 aromatic carbocycles. The first-order valence-electron chi connectivity index (χ1n) is 8.98. The van der Waals surface area contributed by atoms with Crippen LogP contribution in [0.1, 0.15) is 22.8 Å². The predicted molar refractivity (Wildman–Crippen MR) is 112 cm³/mol. The average molecular weight is 411 g/mol. The molecule has 0 atom stereocenters. The topological polar surface area (TPSA) is 97.4 Å². The van der Waals surface area contributed by atoms with Crippen LogP contribution in [-0.4, -0.2) is 25.9 Å². The lowest BCUT2D eigenvalue weighted by Gasteiger charge is -2.11. The van der Waals surface area contributed by atoms with E-state index in [1.165, 1.54) is 18.2 Å². The SMILES string of the molecule is CCOc1ccc(NS(=O)(=O)c2cccc(C(=O)Nc3ncccc3C)c2)cc1. The number of nitrogens with zero attached hydrogens (tertiary/aromatic N) is 1. The summed E-state index contributed by atoms with van der Waals surface area (Å²) in [4.78, 5) is 16.6. The quantitative estimate of drug-likeness (QED) is 0.616. The molecule has 1 heterocycles. The first kappa shape index (κ1) is 20.3. The van der Waals surface area contributed by atoms with Crippen molar-refractivity contribution in [3.8, 4) is 5.75 Å². The van der Waals surface area contributed by atoms with E-state index in [0.717, 1.165) is 5.56 Å². The van der Waals surface area contributed by atoms with Crippen molar-refractivity contribution in [1.29, 1.82) is 0 Å². The average Bonchev–Trinajstić information content (AvgIpc) is 2.71. The van der Waals surface area contributed by atoms with Gasteiger partial charge in [0.05, 0.1) is 11.5 Å². The first-order chi connectivity index (χ1) is 13.9. The normalized spacial score (nSPS) is 11.0. The second-order valence-corrected chi connectivity index (χ2v) is 7.90. The summed E-state index contributed by atoms with van der Waals surface area (Å²) in [6, 6.07) is 16.0. The molecule has 2 N–H and O–H groups in total. The number of aryl methyl sites for hydroxylation is 1. The van der Waals surface area contributed by atoms with Gasteiger partial charge in [0.1, 0.15) is 11.6 Å². The molecule has 0 unspecified atom stereocenters. The van der Waals surface area contributed by atoms with E-state index >= 15 is 0 Å². The van der Waals surface area contributed by atoms with Gasteiger partial charge in [-0.05, 0) is 67.9 Å². The molecule has 0 saturated carbocycles. The monoisotopic (exact) mass is 411 g/mol. The molecule has 0 bridgehead atoms. The molecule has 0 spiro atoms. The second kappa shape index (κ2) is 8.74. The number of aromatic nitrogens is 1. The van der Waals surface area contributed by atoms with Crippen LogP contribution in [0.4, 0.5) is 11.5 Å². The van der Waals surface area contributed by atoms with Crippen molar-refractivity contribution in [2.45, 2.75) is 18.7 Å². The molecule has 1 aromatic heterocycles. The van der Waals surface area contributed by atoms with E-state index < -0.39 is 15.9 Å². The molecule has 150 valence electrons. The molecule has 0 radical (unpaired) electrons. The van der Waals surface area contributed by atoms with Crippen LogP contribution in [-0.2, 0) is 10.0 Å². The lowest BCUT2D eigenvalue weighted by molar-refractivity contribution is 0.102. The highest BCUT2D eigenvalue weighted by Gasteiger charge is 2.17. The molecule has 29 heavy (non-hydrogen) atoms. The number of ether oxygens (including phenoxy) is 1. The third-order valence-electron chi connectivity index (χ3n) is 4.07. The van der Waals surface area contributed by atoms with Crippen LogP contribution in [0.3, 0.4) is 0 Å². The van der Waals surface area contributed by atoms with Crippen LogP contribution >= 0.6 is 0 Å². The third kappa shape index (κ3) is 5.11. The highest BCUT2D eigenvalue weighted by molar-refractivity contribution is 7.92. The standard InChI is InChI=1S/C21H21N3O4S/c1-3-28-18-11-9-17(10-12-18)24-29(26,27)19-8-4-7-16(14-19)21(25)23-20-15(2)6-5-13-22-20/h4-14,24H,3H2,1-2H3,(H,22,23,25). The Hall–Kier alpha value is -3.39. The van der Waals surface area contributed by atoms with Gasteiger partial charge >= 0.3 is 0 Å². The van der Waals surface area contributed by atoms with E-state index in [-0.39, 0.29) is 10.5 Å². The lowest BCUT2D eigenvalue weighted by Crippen LogP contribution is -2.16. The van der Waals surface area contributed by atoms with Crippen molar-refractivity contribution in [1.82, 2.24) is 4.98 Å². The summed E-state index contributed by atoms with van der Waals surface area (Å²) in [6.45, 7) is 4.22. The van der Waals surface area contributed by atoms with Gasteiger partial charge in [-0.2, -0.15) is 0 Å². The molecule has 3 aromatic rings. The summed E-state index contributed by atoms with van der Waals surface area (Å²) >= 11 is 0. The zero-order chi connectivity index (χ0) is 20.9. The maximum Gasteiger partial charge on any atom is 0.261 e. The summed E-state index contributed by atoms with van der Waals surface area (Å²) in [5, 5.41) is 2.69. The van der Waals surface area contributed by atoms with E-state index in [9.17, 15) is 13.2 Å². The molecular formula is C21H21N3O4S. The van der Waals surface area contributed by atoms with Crippen LogP contribution < -0.4 is 14.8 Å². The van der Waals surface area contributed by atoms with Crippen LogP contribution in [0.2, 0.25) is 0 Å². The fourth-order valence-electron chi connectivity index (χ4n) is 2.60. The van der Waals surface area contributed by atoms with Gasteiger partial charge in [0.2, 0.25) is 0 Å². The molecule has 7 nitrogen and oxygen atoms in total. The van der Waals surface area contributed by atoms with Gasteiger partial charge in [-0.3, -0.25) is 9.52 Å². The lowest BCUT2D eigenvalue weighted by atomic mass is 10.2. The van der Waals surface area contributed by atoms with Crippen LogP contribution in [0, 0.1) is 6.92 Å². The number of amides is 1. The Labute approximate surface area is 169 Å². The van der Waals surface area contributed by atoms with Gasteiger partial charge in [0.15, 0.2) is 0 Å². The Morgan fingerprint density at radius 2 is 1.83 bits per heavy atom. The number of sulfonamides is 1. The Morgan fingerprint density at radius 3 is 2.52 bits per heavy atom. The van der Waals surface area contributed by atoms with Crippen molar-refractivity contribution in [2.24, 2.45) is 0 Å². The maximum atomic E-state index is 12.7. The number of hydrogen-bond acceptors (Lipinski definition) is 5. The molecule has 3 rings (SSSR count). The number of rotatable bonds is 7. The number of carbonyl (C=O) groups excluding carboxylic acids is 1. The summed E-state index contributed by atoms with van der Waals surface area (Å²) < 4.78 is 33.3. The number of anilines is 2. The van der Waals surface area contributed by atoms with E-state index in [1.54, 1.807) is 42.6 Å². The summed E-state index contributed by atoms with van der Waals surface area (Å²) in [5.74, 6) is 0.641. The highest BCUT2D eigenvalue weighted by atomic mass is 32.2. The van der Waals surface area contributed by atoms with Crippen LogP contribution in [0.5, 0.6) is 5.75 Å². The molecule has 1 amide bonds. The minimum Gasteiger partial charge on any atom is -0.494 e. The van der Waals surface area contributed by atoms with Gasteiger partial charge in [-0.15, -0.1) is 0 Å². The number of carbonyl (C=O) groups is 1. The van der Waals surface area contributed by atoms with Crippen molar-refractivity contribution >= 4 is 27.4 Å². The smallest absolute Gasteiger partial charge is 0.261 e. The summed E-state index contributed by atoms with van der Waals surface area (Å²) in [7, 11) is -3.86. The van der Waals surface area contributed by atoms with E-state index in [1.807, 2.05) is 19.9 Å². The number of nitrogens with one attached hydrogen (secondary N) is 2. The zero-order valence-electron chi connectivity index (χ0n) is 16.0. The Morgan fingerprint density at radius 1 is 1.07 bits per heavy atom. The molecule has 0 aliphatic rings. The summed E-state index contributed by atoms with van der Waals surface area (Å²) in [6.07, 6.45) is 1.57. The van der Waals surface area contributed by atoms with Gasteiger partial charge in [-0.1, -0.05) is 12.1 Å². The second-order valence-electron chi connectivity index (χ2n) is 6.21. The Balaban J connectivity index is 1.78. The molecule has 0 aliphatic heterocycles. The highest BCUT2D eigenvalue weighted by Crippen LogP contribution is 2.21. The van der Waals surface area contributed by atoms with Gasteiger partial charge in [0, 0.05) is 17.4 Å². The van der Waals surface area contributed by atoms with Gasteiger partial charge in [-0.25, -0.2) is 13.4 Å². The fraction of sp³-hybridized carbons (Fsp3) is 0.143. The van der Waals surface area contributed by atoms with Gasteiger partial charge in [0.25, 0.3) is 15.9 Å². The van der Waals surface area contributed by atoms with E-state index in [4.69, 9.17) is 4.74 Å². The summed E-state index contributed by atoms with van der Waals surface area (Å²) in [5.41, 5.74) is 1.42. The van der Waals surface area contributed by atoms with Crippen molar-refractivity contribution in [3.05, 3.63) is 78.0 Å². The molecular weight excluding hydrogens is 390 g/mol. The molecule has 8 heteroatoms. The minimum absolute atomic E-state index is 0.0169. The van der Waals surface area contributed by atoms with Crippen molar-refractivity contribution in [3.63, 3.8) is 0 Å². The number of benzene rings is 2. The molecule has 0 fully saturated rings. The Kier molecular flexibility index (Phi) is 6.13. The maximum absolute atomic E-state index is 12.7.